The van der Waals surface area contributed by atoms with Gasteiger partial charge in [-0.3, -0.25) is 0 Å². The average Bonchev–Trinajstić information content (AvgIpc) is 2.17. The molecule has 1 unspecified atom stereocenters. The highest BCUT2D eigenvalue weighted by Gasteiger charge is 2.27. The molecule has 0 fully saturated rings. The van der Waals surface area contributed by atoms with Crippen molar-refractivity contribution in [3.05, 3.63) is 22.8 Å². The molecule has 0 spiro atoms. The molecule has 4 heteroatoms. The molecule has 90 valence electrons. The van der Waals surface area contributed by atoms with Crippen molar-refractivity contribution in [3.63, 3.8) is 0 Å². The zero-order valence-electron chi connectivity index (χ0n) is 10.3. The molecule has 3 N–H and O–H groups in total. The lowest BCUT2D eigenvalue weighted by Crippen LogP contribution is -2.33. The van der Waals surface area contributed by atoms with Crippen molar-refractivity contribution in [2.24, 2.45) is 5.41 Å². The minimum absolute atomic E-state index is 0.0660. The highest BCUT2D eigenvalue weighted by molar-refractivity contribution is 6.30. The van der Waals surface area contributed by atoms with E-state index < -0.39 is 0 Å². The number of anilines is 1. The predicted molar refractivity (Wildman–Crippen MR) is 69.5 cm³/mol. The molecule has 3 nitrogen and oxygen atoms in total. The summed E-state index contributed by atoms with van der Waals surface area (Å²) in [5, 5.41) is 4.05. The highest BCUT2D eigenvalue weighted by atomic mass is 35.5. The molecule has 0 aromatic carbocycles. The normalized spacial score (nSPS) is 13.8. The Morgan fingerprint density at radius 1 is 1.50 bits per heavy atom. The van der Waals surface area contributed by atoms with Gasteiger partial charge in [-0.2, -0.15) is 0 Å². The predicted octanol–water partition coefficient (Wildman–Crippen LogP) is 3.01. The Balaban J connectivity index is 3.15. The molecule has 0 aliphatic rings. The van der Waals surface area contributed by atoms with Crippen LogP contribution < -0.4 is 11.1 Å². The van der Waals surface area contributed by atoms with Crippen LogP contribution in [0.1, 0.15) is 39.3 Å². The molecule has 0 aliphatic carbocycles. The summed E-state index contributed by atoms with van der Waals surface area (Å²) < 4.78 is 0. The van der Waals surface area contributed by atoms with Crippen molar-refractivity contribution in [1.29, 1.82) is 0 Å². The summed E-state index contributed by atoms with van der Waals surface area (Å²) in [6.45, 7) is 9.46. The number of aromatic nitrogens is 1. The summed E-state index contributed by atoms with van der Waals surface area (Å²) in [7, 11) is 0. The lowest BCUT2D eigenvalue weighted by Gasteiger charge is -2.32. The van der Waals surface area contributed by atoms with E-state index in [9.17, 15) is 0 Å². The molecule has 1 heterocycles. The van der Waals surface area contributed by atoms with Gasteiger partial charge in [0, 0.05) is 17.8 Å². The van der Waals surface area contributed by atoms with Crippen LogP contribution in [0.3, 0.4) is 0 Å². The maximum Gasteiger partial charge on any atom is 0.128 e. The third kappa shape index (κ3) is 3.09. The second-order valence-electron chi connectivity index (χ2n) is 4.98. The Kier molecular flexibility index (Phi) is 4.16. The number of hydrogen-bond donors (Lipinski definition) is 2. The second-order valence-corrected chi connectivity index (χ2v) is 5.42. The Morgan fingerprint density at radius 2 is 2.12 bits per heavy atom. The summed E-state index contributed by atoms with van der Waals surface area (Å²) in [5.74, 6) is 0.547. The van der Waals surface area contributed by atoms with E-state index in [4.69, 9.17) is 17.3 Å². The van der Waals surface area contributed by atoms with Gasteiger partial charge in [0.1, 0.15) is 5.82 Å². The van der Waals surface area contributed by atoms with Crippen LogP contribution >= 0.6 is 11.6 Å². The fraction of sp³-hybridized carbons (Fsp3) is 0.583. The molecule has 0 saturated heterocycles. The van der Waals surface area contributed by atoms with Gasteiger partial charge in [-0.25, -0.2) is 4.98 Å². The number of nitrogens with one attached hydrogen (secondary N) is 1. The fourth-order valence-corrected chi connectivity index (χ4v) is 1.95. The second kappa shape index (κ2) is 5.02. The van der Waals surface area contributed by atoms with Crippen LogP contribution in [0.4, 0.5) is 5.82 Å². The van der Waals surface area contributed by atoms with Gasteiger partial charge in [0.25, 0.3) is 0 Å². The number of hydrogen-bond acceptors (Lipinski definition) is 3. The van der Waals surface area contributed by atoms with Crippen LogP contribution in [-0.4, -0.2) is 11.5 Å². The summed E-state index contributed by atoms with van der Waals surface area (Å²) in [5.41, 5.74) is 6.95. The van der Waals surface area contributed by atoms with Gasteiger partial charge in [-0.05, 0) is 18.0 Å². The smallest absolute Gasteiger partial charge is 0.128 e. The number of rotatable bonds is 3. The monoisotopic (exact) mass is 241 g/mol. The molecule has 0 saturated carbocycles. The van der Waals surface area contributed by atoms with Crippen LogP contribution in [0.2, 0.25) is 5.02 Å². The summed E-state index contributed by atoms with van der Waals surface area (Å²) >= 11 is 5.97. The maximum absolute atomic E-state index is 5.97. The van der Waals surface area contributed by atoms with Gasteiger partial charge in [-0.15, -0.1) is 0 Å². The van der Waals surface area contributed by atoms with E-state index in [1.54, 1.807) is 6.20 Å². The number of nitrogens with zero attached hydrogens (tertiary/aromatic N) is 1. The fourth-order valence-electron chi connectivity index (χ4n) is 1.78. The number of nitrogens with two attached hydrogens (primary N) is 1. The Morgan fingerprint density at radius 3 is 2.62 bits per heavy atom. The molecule has 0 bridgehead atoms. The van der Waals surface area contributed by atoms with Crippen LogP contribution in [0.5, 0.6) is 0 Å². The molecule has 1 aromatic rings. The summed E-state index contributed by atoms with van der Waals surface area (Å²) in [4.78, 5) is 4.10. The molecule has 1 rings (SSSR count). The zero-order valence-corrected chi connectivity index (χ0v) is 11.1. The Labute approximate surface area is 102 Å². The van der Waals surface area contributed by atoms with E-state index in [-0.39, 0.29) is 11.5 Å². The SMILES string of the molecule is CCNC(c1cc(Cl)cnc1N)C(C)(C)C. The first-order chi connectivity index (χ1) is 7.36. The first-order valence-corrected chi connectivity index (χ1v) is 5.88. The van der Waals surface area contributed by atoms with Crippen molar-refractivity contribution in [2.75, 3.05) is 12.3 Å². The molecule has 0 amide bonds. The largest absolute Gasteiger partial charge is 0.383 e. The molecule has 1 aromatic heterocycles. The van der Waals surface area contributed by atoms with Crippen LogP contribution in [-0.2, 0) is 0 Å². The van der Waals surface area contributed by atoms with Gasteiger partial charge in [0.2, 0.25) is 0 Å². The van der Waals surface area contributed by atoms with E-state index in [1.807, 2.05) is 6.07 Å². The van der Waals surface area contributed by atoms with E-state index in [0.717, 1.165) is 12.1 Å². The number of nitrogen functional groups attached to an aromatic ring is 1. The molecule has 0 radical (unpaired) electrons. The Bertz CT molecular complexity index is 358. The quantitative estimate of drug-likeness (QED) is 0.856. The summed E-state index contributed by atoms with van der Waals surface area (Å²) in [6, 6.07) is 2.05. The van der Waals surface area contributed by atoms with Gasteiger partial charge < -0.3 is 11.1 Å². The lowest BCUT2D eigenvalue weighted by atomic mass is 9.82. The van der Waals surface area contributed by atoms with Gasteiger partial charge in [-0.1, -0.05) is 39.3 Å². The van der Waals surface area contributed by atoms with Crippen molar-refractivity contribution in [1.82, 2.24) is 10.3 Å². The minimum Gasteiger partial charge on any atom is -0.383 e. The van der Waals surface area contributed by atoms with Crippen LogP contribution in [0.25, 0.3) is 0 Å². The average molecular weight is 242 g/mol. The zero-order chi connectivity index (χ0) is 12.3. The van der Waals surface area contributed by atoms with Gasteiger partial charge in [0.05, 0.1) is 5.02 Å². The lowest BCUT2D eigenvalue weighted by molar-refractivity contribution is 0.277. The van der Waals surface area contributed by atoms with E-state index in [0.29, 0.717) is 10.8 Å². The molecular formula is C12H20ClN3. The summed E-state index contributed by atoms with van der Waals surface area (Å²) in [6.07, 6.45) is 1.58. The molecule has 16 heavy (non-hydrogen) atoms. The molecule has 0 aliphatic heterocycles. The van der Waals surface area contributed by atoms with Crippen LogP contribution in [0.15, 0.2) is 12.3 Å². The van der Waals surface area contributed by atoms with E-state index >= 15 is 0 Å². The standard InChI is InChI=1S/C12H20ClN3/c1-5-15-10(12(2,3)4)9-6-8(13)7-16-11(9)14/h6-7,10,15H,5H2,1-4H3,(H2,14,16). The van der Waals surface area contributed by atoms with Crippen molar-refractivity contribution in [3.8, 4) is 0 Å². The highest BCUT2D eigenvalue weighted by Crippen LogP contribution is 2.35. The third-order valence-electron chi connectivity index (χ3n) is 2.50. The minimum atomic E-state index is 0.0660. The first kappa shape index (κ1) is 13.3. The number of halogens is 1. The topological polar surface area (TPSA) is 50.9 Å². The number of pyridine rings is 1. The van der Waals surface area contributed by atoms with Crippen molar-refractivity contribution >= 4 is 17.4 Å². The molecule has 1 atom stereocenters. The van der Waals surface area contributed by atoms with E-state index in [2.05, 4.69) is 38.0 Å². The maximum atomic E-state index is 5.97. The van der Waals surface area contributed by atoms with Gasteiger partial charge in [0.15, 0.2) is 0 Å². The van der Waals surface area contributed by atoms with Crippen LogP contribution in [0, 0.1) is 5.41 Å². The first-order valence-electron chi connectivity index (χ1n) is 5.50. The van der Waals surface area contributed by atoms with E-state index in [1.165, 1.54) is 0 Å². The molecular weight excluding hydrogens is 222 g/mol. The third-order valence-corrected chi connectivity index (χ3v) is 2.71. The Hall–Kier alpha value is -0.800. The van der Waals surface area contributed by atoms with Crippen molar-refractivity contribution < 1.29 is 0 Å². The van der Waals surface area contributed by atoms with Gasteiger partial charge >= 0.3 is 0 Å². The van der Waals surface area contributed by atoms with Crippen molar-refractivity contribution in [2.45, 2.75) is 33.7 Å².